The van der Waals surface area contributed by atoms with Crippen LogP contribution in [-0.4, -0.2) is 91.3 Å². The molecule has 0 aliphatic rings. The maximum atomic E-state index is 11.8. The number of ketones is 2. The summed E-state index contributed by atoms with van der Waals surface area (Å²) in [6.07, 6.45) is 0.611. The molecule has 0 spiro atoms. The van der Waals surface area contributed by atoms with E-state index < -0.39 is 41.5 Å². The van der Waals surface area contributed by atoms with Crippen molar-refractivity contribution in [1.82, 2.24) is 0 Å². The topological polar surface area (TPSA) is 226 Å². The summed E-state index contributed by atoms with van der Waals surface area (Å²) >= 11 is 3.12. The fourth-order valence-electron chi connectivity index (χ4n) is 4.24. The maximum absolute atomic E-state index is 11.8. The molecule has 0 bridgehead atoms. The van der Waals surface area contributed by atoms with E-state index in [0.29, 0.717) is 40.3 Å². The molecule has 15 nitrogen and oxygen atoms in total. The van der Waals surface area contributed by atoms with Gasteiger partial charge in [-0.25, -0.2) is 14.4 Å². The van der Waals surface area contributed by atoms with Crippen LogP contribution in [0.5, 0.6) is 17.2 Å². The number of carboxylic acid groups (broad SMARTS) is 3. The van der Waals surface area contributed by atoms with Crippen molar-refractivity contribution in [3.05, 3.63) is 86.9 Å². The molecule has 54 heavy (non-hydrogen) atoms. The lowest BCUT2D eigenvalue weighted by atomic mass is 9.91. The van der Waals surface area contributed by atoms with Crippen LogP contribution in [0, 0.1) is 0 Å². The summed E-state index contributed by atoms with van der Waals surface area (Å²) in [5.74, 6) is -4.75. The molecule has 294 valence electrons. The lowest BCUT2D eigenvalue weighted by molar-refractivity contribution is -0.148. The minimum atomic E-state index is -1.24. The van der Waals surface area contributed by atoms with E-state index in [2.05, 4.69) is 20.7 Å². The Labute approximate surface area is 321 Å². The van der Waals surface area contributed by atoms with Crippen molar-refractivity contribution in [2.45, 2.75) is 53.4 Å². The Bertz CT molecular complexity index is 1770. The third-order valence-electron chi connectivity index (χ3n) is 6.76. The number of methoxy groups -OCH3 is 3. The average molecular weight is 822 g/mol. The highest BCUT2D eigenvalue weighted by atomic mass is 79.9. The molecule has 0 amide bonds. The molecule has 3 aromatic rings. The van der Waals surface area contributed by atoms with Crippen LogP contribution >= 0.6 is 15.9 Å². The van der Waals surface area contributed by atoms with Crippen molar-refractivity contribution in [3.63, 3.8) is 0 Å². The molecule has 0 saturated carbocycles. The van der Waals surface area contributed by atoms with E-state index in [9.17, 15) is 38.7 Å². The number of esters is 2. The SMILES string of the molecule is CCOC(=O)C(C(C)=O)c1ccc(OC)cc1C(=O)O.CCOC(=O)CC(C)=O.CCc1ccc(OC)cc1C(=O)O.COc1ccc(Br)c(C(=O)O)c1. The van der Waals surface area contributed by atoms with Crippen LogP contribution < -0.4 is 14.2 Å². The highest BCUT2D eigenvalue weighted by Crippen LogP contribution is 2.27. The van der Waals surface area contributed by atoms with Gasteiger partial charge in [-0.1, -0.05) is 19.1 Å². The number of aromatic carboxylic acids is 3. The van der Waals surface area contributed by atoms with Crippen LogP contribution in [0.15, 0.2) is 59.1 Å². The molecule has 3 rings (SSSR count). The van der Waals surface area contributed by atoms with Crippen LogP contribution in [0.25, 0.3) is 0 Å². The summed E-state index contributed by atoms with van der Waals surface area (Å²) in [5.41, 5.74) is 1.30. The third-order valence-corrected chi connectivity index (χ3v) is 7.45. The minimum Gasteiger partial charge on any atom is -0.497 e. The Balaban J connectivity index is 0.000000725. The van der Waals surface area contributed by atoms with Crippen molar-refractivity contribution in [2.75, 3.05) is 34.5 Å². The molecule has 0 fully saturated rings. The van der Waals surface area contributed by atoms with E-state index in [4.69, 9.17) is 29.2 Å². The van der Waals surface area contributed by atoms with Gasteiger partial charge in [-0.3, -0.25) is 19.2 Å². The monoisotopic (exact) mass is 820 g/mol. The molecule has 0 radical (unpaired) electrons. The largest absolute Gasteiger partial charge is 0.497 e. The summed E-state index contributed by atoms with van der Waals surface area (Å²) < 4.78 is 24.6. The predicted octanol–water partition coefficient (Wildman–Crippen LogP) is 6.27. The summed E-state index contributed by atoms with van der Waals surface area (Å²) in [6.45, 7) is 8.27. The zero-order chi connectivity index (χ0) is 41.5. The van der Waals surface area contributed by atoms with Crippen LogP contribution in [0.3, 0.4) is 0 Å². The highest BCUT2D eigenvalue weighted by molar-refractivity contribution is 9.10. The Hall–Kier alpha value is -5.77. The second-order valence-corrected chi connectivity index (χ2v) is 11.4. The number of carboxylic acids is 3. The van der Waals surface area contributed by atoms with Gasteiger partial charge in [-0.15, -0.1) is 0 Å². The molecule has 0 heterocycles. The van der Waals surface area contributed by atoms with E-state index in [1.807, 2.05) is 6.92 Å². The number of ether oxygens (including phenoxy) is 5. The molecule has 3 N–H and O–H groups in total. The number of hydrogen-bond donors (Lipinski definition) is 3. The number of carbonyl (C=O) groups excluding carboxylic acids is 4. The van der Waals surface area contributed by atoms with Crippen molar-refractivity contribution >= 4 is 57.3 Å². The molecular weight excluding hydrogens is 776 g/mol. The number of halogens is 1. The highest BCUT2D eigenvalue weighted by Gasteiger charge is 2.31. The van der Waals surface area contributed by atoms with Crippen molar-refractivity contribution in [2.24, 2.45) is 0 Å². The van der Waals surface area contributed by atoms with Crippen molar-refractivity contribution in [1.29, 1.82) is 0 Å². The molecule has 1 unspecified atom stereocenters. The quantitative estimate of drug-likeness (QED) is 0.120. The summed E-state index contributed by atoms with van der Waals surface area (Å²) in [4.78, 5) is 76.8. The Kier molecular flexibility index (Phi) is 22.5. The number of hydrogen-bond acceptors (Lipinski definition) is 12. The molecule has 0 saturated heterocycles. The normalized spacial score (nSPS) is 10.2. The van der Waals surface area contributed by atoms with Gasteiger partial charge in [0.25, 0.3) is 0 Å². The lowest BCUT2D eigenvalue weighted by Crippen LogP contribution is -2.24. The Morgan fingerprint density at radius 1 is 0.630 bits per heavy atom. The first kappa shape index (κ1) is 48.2. The van der Waals surface area contributed by atoms with Gasteiger partial charge in [-0.05, 0) is 104 Å². The van der Waals surface area contributed by atoms with E-state index in [-0.39, 0.29) is 35.5 Å². The standard InChI is InChI=1S/C14H16O6.C10H12O3.C8H7BrO3.C6H10O3/c1-4-20-14(18)12(8(2)15)10-6-5-9(19-3)7-11(10)13(16)17;1-3-7-4-5-8(13-2)6-9(7)10(11)12;1-12-5-2-3-7(9)6(4-5)8(10)11;1-3-9-6(8)4-5(2)7/h5-7,12H,4H2,1-3H3,(H,16,17);4-6H,3H2,1-2H3,(H,11,12);2-4H,1H3,(H,10,11);3-4H2,1-2H3. The number of Topliss-reactive ketones (excluding diaryl/α,β-unsaturated/α-hetero) is 2. The fraction of sp³-hybridized carbons (Fsp3) is 0.342. The fourth-order valence-corrected chi connectivity index (χ4v) is 4.65. The number of rotatable bonds is 14. The van der Waals surface area contributed by atoms with Crippen molar-refractivity contribution < 1.29 is 72.6 Å². The van der Waals surface area contributed by atoms with Gasteiger partial charge in [-0.2, -0.15) is 0 Å². The molecule has 1 atom stereocenters. The summed E-state index contributed by atoms with van der Waals surface area (Å²) in [5, 5.41) is 26.8. The van der Waals surface area contributed by atoms with Gasteiger partial charge < -0.3 is 39.0 Å². The lowest BCUT2D eigenvalue weighted by Gasteiger charge is -2.16. The first-order valence-corrected chi connectivity index (χ1v) is 16.9. The smallest absolute Gasteiger partial charge is 0.336 e. The average Bonchev–Trinajstić information content (AvgIpc) is 3.12. The van der Waals surface area contributed by atoms with Crippen LogP contribution in [0.1, 0.15) is 89.2 Å². The minimum absolute atomic E-state index is 0.101. The van der Waals surface area contributed by atoms with E-state index in [1.54, 1.807) is 44.2 Å². The molecule has 16 heteroatoms. The molecule has 3 aromatic carbocycles. The number of benzene rings is 3. The van der Waals surface area contributed by atoms with Gasteiger partial charge in [0.1, 0.15) is 41.2 Å². The van der Waals surface area contributed by atoms with Gasteiger partial charge in [0, 0.05) is 4.47 Å². The summed E-state index contributed by atoms with van der Waals surface area (Å²) in [7, 11) is 4.41. The molecule has 0 aliphatic heterocycles. The molecular formula is C38H45BrO15. The zero-order valence-electron chi connectivity index (χ0n) is 31.2. The number of aryl methyl sites for hydroxylation is 1. The van der Waals surface area contributed by atoms with Gasteiger partial charge in [0.2, 0.25) is 0 Å². The second-order valence-electron chi connectivity index (χ2n) is 10.6. The van der Waals surface area contributed by atoms with Crippen molar-refractivity contribution in [3.8, 4) is 17.2 Å². The molecule has 0 aliphatic carbocycles. The Morgan fingerprint density at radius 2 is 1.07 bits per heavy atom. The van der Waals surface area contributed by atoms with Crippen LogP contribution in [-0.2, 0) is 35.1 Å². The Morgan fingerprint density at radius 3 is 1.48 bits per heavy atom. The third kappa shape index (κ3) is 16.7. The maximum Gasteiger partial charge on any atom is 0.336 e. The van der Waals surface area contributed by atoms with E-state index in [0.717, 1.165) is 5.56 Å². The van der Waals surface area contributed by atoms with Crippen LogP contribution in [0.4, 0.5) is 0 Å². The molecule has 0 aromatic heterocycles. The van der Waals surface area contributed by atoms with Gasteiger partial charge >= 0.3 is 29.8 Å². The van der Waals surface area contributed by atoms with E-state index >= 15 is 0 Å². The predicted molar refractivity (Wildman–Crippen MR) is 199 cm³/mol. The van der Waals surface area contributed by atoms with Gasteiger partial charge in [0.15, 0.2) is 0 Å². The number of carbonyl (C=O) groups is 7. The zero-order valence-corrected chi connectivity index (χ0v) is 32.8. The van der Waals surface area contributed by atoms with E-state index in [1.165, 1.54) is 59.4 Å². The second kappa shape index (κ2) is 25.2. The first-order chi connectivity index (χ1) is 25.4. The van der Waals surface area contributed by atoms with Gasteiger partial charge in [0.05, 0.1) is 51.2 Å². The summed E-state index contributed by atoms with van der Waals surface area (Å²) in [6, 6.07) is 14.1. The van der Waals surface area contributed by atoms with Crippen LogP contribution in [0.2, 0.25) is 0 Å². The first-order valence-electron chi connectivity index (χ1n) is 16.1.